The molecule has 0 amide bonds. The number of hydrogen-bond acceptors (Lipinski definition) is 4. The van der Waals surface area contributed by atoms with Gasteiger partial charge in [-0.1, -0.05) is 29.8 Å². The molecule has 0 aliphatic carbocycles. The summed E-state index contributed by atoms with van der Waals surface area (Å²) in [6, 6.07) is 16.2. The first-order valence-electron chi connectivity index (χ1n) is 6.76. The molecule has 2 nitrogen and oxygen atoms in total. The van der Waals surface area contributed by atoms with E-state index in [0.717, 1.165) is 20.1 Å². The van der Waals surface area contributed by atoms with Crippen molar-refractivity contribution >= 4 is 39.1 Å². The highest BCUT2D eigenvalue weighted by Gasteiger charge is 2.09. The molecule has 2 aromatic carbocycles. The number of para-hydroxylation sites is 1. The summed E-state index contributed by atoms with van der Waals surface area (Å²) < 4.78 is 1.15. The molecule has 0 saturated heterocycles. The number of aryl methyl sites for hydroxylation is 1. The molecule has 1 aromatic heterocycles. The number of aromatic nitrogens is 1. The van der Waals surface area contributed by atoms with Crippen molar-refractivity contribution in [2.24, 2.45) is 0 Å². The lowest BCUT2D eigenvalue weighted by Gasteiger charge is -2.01. The highest BCUT2D eigenvalue weighted by Crippen LogP contribution is 2.23. The Morgan fingerprint density at radius 2 is 2.05 bits per heavy atom. The van der Waals surface area contributed by atoms with Gasteiger partial charge in [-0.15, -0.1) is 23.1 Å². The summed E-state index contributed by atoms with van der Waals surface area (Å²) in [6.07, 6.45) is 0.429. The molecule has 0 saturated carbocycles. The predicted molar refractivity (Wildman–Crippen MR) is 90.2 cm³/mol. The van der Waals surface area contributed by atoms with Crippen molar-refractivity contribution in [3.05, 3.63) is 59.1 Å². The number of rotatable bonds is 5. The highest BCUT2D eigenvalue weighted by molar-refractivity contribution is 8.00. The summed E-state index contributed by atoms with van der Waals surface area (Å²) in [5.41, 5.74) is 2.20. The second kappa shape index (κ2) is 6.41. The van der Waals surface area contributed by atoms with Gasteiger partial charge in [-0.05, 0) is 31.2 Å². The first-order valence-corrected chi connectivity index (χ1v) is 8.56. The molecule has 0 bridgehead atoms. The number of carbonyl (C=O) groups is 1. The van der Waals surface area contributed by atoms with Crippen LogP contribution < -0.4 is 0 Å². The zero-order valence-electron chi connectivity index (χ0n) is 11.7. The van der Waals surface area contributed by atoms with E-state index in [9.17, 15) is 4.79 Å². The van der Waals surface area contributed by atoms with Gasteiger partial charge in [0.1, 0.15) is 10.8 Å². The number of thioether (sulfide) groups is 1. The fourth-order valence-corrected chi connectivity index (χ4v) is 3.95. The van der Waals surface area contributed by atoms with Crippen LogP contribution in [0.1, 0.15) is 10.6 Å². The van der Waals surface area contributed by atoms with Crippen molar-refractivity contribution in [3.8, 4) is 0 Å². The van der Waals surface area contributed by atoms with Crippen LogP contribution in [-0.2, 0) is 11.2 Å². The SMILES string of the molecule is Cc1cccc(SCC(=O)Cc2nc3ccccc3s2)c1. The summed E-state index contributed by atoms with van der Waals surface area (Å²) in [6.45, 7) is 2.06. The predicted octanol–water partition coefficient (Wildman–Crippen LogP) is 4.51. The van der Waals surface area contributed by atoms with Crippen LogP contribution >= 0.6 is 23.1 Å². The minimum Gasteiger partial charge on any atom is -0.298 e. The lowest BCUT2D eigenvalue weighted by atomic mass is 10.2. The number of thiazole rings is 1. The molecular weight excluding hydrogens is 298 g/mol. The fraction of sp³-hybridized carbons (Fsp3) is 0.176. The average molecular weight is 313 g/mol. The van der Waals surface area contributed by atoms with Crippen molar-refractivity contribution in [2.45, 2.75) is 18.2 Å². The van der Waals surface area contributed by atoms with Gasteiger partial charge in [-0.25, -0.2) is 4.98 Å². The lowest BCUT2D eigenvalue weighted by molar-refractivity contribution is -0.115. The molecule has 0 spiro atoms. The summed E-state index contributed by atoms with van der Waals surface area (Å²) >= 11 is 3.20. The Morgan fingerprint density at radius 1 is 1.19 bits per heavy atom. The maximum Gasteiger partial charge on any atom is 0.149 e. The van der Waals surface area contributed by atoms with Gasteiger partial charge in [0.05, 0.1) is 22.4 Å². The van der Waals surface area contributed by atoms with Gasteiger partial charge in [-0.2, -0.15) is 0 Å². The second-order valence-electron chi connectivity index (χ2n) is 4.90. The maximum atomic E-state index is 12.1. The van der Waals surface area contributed by atoms with Gasteiger partial charge in [0.2, 0.25) is 0 Å². The normalized spacial score (nSPS) is 10.9. The van der Waals surface area contributed by atoms with Gasteiger partial charge < -0.3 is 0 Å². The molecule has 0 N–H and O–H groups in total. The fourth-order valence-electron chi connectivity index (χ4n) is 2.08. The third-order valence-electron chi connectivity index (χ3n) is 3.08. The summed E-state index contributed by atoms with van der Waals surface area (Å²) in [5, 5.41) is 0.908. The van der Waals surface area contributed by atoms with Crippen LogP contribution in [0.2, 0.25) is 0 Å². The third kappa shape index (κ3) is 3.71. The van der Waals surface area contributed by atoms with Gasteiger partial charge in [0, 0.05) is 4.90 Å². The summed E-state index contributed by atoms with van der Waals surface area (Å²) in [5.74, 6) is 0.722. The average Bonchev–Trinajstić information content (AvgIpc) is 2.87. The van der Waals surface area contributed by atoms with Gasteiger partial charge >= 0.3 is 0 Å². The number of Topliss-reactive ketones (excluding diaryl/α,β-unsaturated/α-hetero) is 1. The standard InChI is InChI=1S/C17H15NOS2/c1-12-5-4-6-14(9-12)20-11-13(19)10-17-18-15-7-2-3-8-16(15)21-17/h2-9H,10-11H2,1H3. The minimum absolute atomic E-state index is 0.223. The van der Waals surface area contributed by atoms with Gasteiger partial charge in [0.25, 0.3) is 0 Å². The number of hydrogen-bond donors (Lipinski definition) is 0. The van der Waals surface area contributed by atoms with E-state index in [0.29, 0.717) is 12.2 Å². The Kier molecular flexibility index (Phi) is 4.36. The Labute approximate surface area is 132 Å². The van der Waals surface area contributed by atoms with Crippen molar-refractivity contribution in [1.29, 1.82) is 0 Å². The number of nitrogens with zero attached hydrogens (tertiary/aromatic N) is 1. The van der Waals surface area contributed by atoms with E-state index in [1.807, 2.05) is 36.4 Å². The van der Waals surface area contributed by atoms with Crippen LogP contribution in [0, 0.1) is 6.92 Å². The summed E-state index contributed by atoms with van der Waals surface area (Å²) in [4.78, 5) is 17.7. The molecule has 0 atom stereocenters. The van der Waals surface area contributed by atoms with E-state index in [4.69, 9.17) is 0 Å². The van der Waals surface area contributed by atoms with E-state index in [1.165, 1.54) is 5.56 Å². The maximum absolute atomic E-state index is 12.1. The topological polar surface area (TPSA) is 30.0 Å². The van der Waals surface area contributed by atoms with Crippen molar-refractivity contribution < 1.29 is 4.79 Å². The number of fused-ring (bicyclic) bond motifs is 1. The van der Waals surface area contributed by atoms with Crippen LogP contribution in [-0.4, -0.2) is 16.5 Å². The molecule has 0 radical (unpaired) electrons. The Balaban J connectivity index is 1.61. The number of carbonyl (C=O) groups excluding carboxylic acids is 1. The van der Waals surface area contributed by atoms with Crippen LogP contribution in [0.4, 0.5) is 0 Å². The molecule has 1 heterocycles. The summed E-state index contributed by atoms with van der Waals surface area (Å²) in [7, 11) is 0. The van der Waals surface area contributed by atoms with Crippen LogP contribution in [0.3, 0.4) is 0 Å². The molecule has 0 aliphatic rings. The zero-order valence-corrected chi connectivity index (χ0v) is 13.3. The third-order valence-corrected chi connectivity index (χ3v) is 5.17. The monoisotopic (exact) mass is 313 g/mol. The second-order valence-corrected chi connectivity index (χ2v) is 7.06. The molecule has 0 fully saturated rings. The Morgan fingerprint density at radius 3 is 2.86 bits per heavy atom. The van der Waals surface area contributed by atoms with Crippen LogP contribution in [0.5, 0.6) is 0 Å². The molecule has 0 unspecified atom stereocenters. The van der Waals surface area contributed by atoms with E-state index < -0.39 is 0 Å². The van der Waals surface area contributed by atoms with Crippen LogP contribution in [0.15, 0.2) is 53.4 Å². The number of ketones is 1. The first kappa shape index (κ1) is 14.3. The first-order chi connectivity index (χ1) is 10.2. The Bertz CT molecular complexity index is 746. The molecule has 21 heavy (non-hydrogen) atoms. The van der Waals surface area contributed by atoms with Gasteiger partial charge in [-0.3, -0.25) is 4.79 Å². The molecule has 0 aliphatic heterocycles. The molecular formula is C17H15NOS2. The van der Waals surface area contributed by atoms with Crippen LogP contribution in [0.25, 0.3) is 10.2 Å². The largest absolute Gasteiger partial charge is 0.298 e. The Hall–Kier alpha value is -1.65. The molecule has 3 aromatic rings. The van der Waals surface area contributed by atoms with Crippen molar-refractivity contribution in [2.75, 3.05) is 5.75 Å². The van der Waals surface area contributed by atoms with Crippen molar-refractivity contribution in [3.63, 3.8) is 0 Å². The minimum atomic E-state index is 0.223. The van der Waals surface area contributed by atoms with E-state index in [-0.39, 0.29) is 5.78 Å². The highest BCUT2D eigenvalue weighted by atomic mass is 32.2. The smallest absolute Gasteiger partial charge is 0.149 e. The van der Waals surface area contributed by atoms with E-state index >= 15 is 0 Å². The molecule has 106 valence electrons. The van der Waals surface area contributed by atoms with E-state index in [1.54, 1.807) is 23.1 Å². The molecule has 3 rings (SSSR count). The van der Waals surface area contributed by atoms with Crippen molar-refractivity contribution in [1.82, 2.24) is 4.98 Å². The molecule has 4 heteroatoms. The van der Waals surface area contributed by atoms with E-state index in [2.05, 4.69) is 24.0 Å². The van der Waals surface area contributed by atoms with Gasteiger partial charge in [0.15, 0.2) is 0 Å². The lowest BCUT2D eigenvalue weighted by Crippen LogP contribution is -2.05. The zero-order chi connectivity index (χ0) is 14.7. The number of benzene rings is 2. The quantitative estimate of drug-likeness (QED) is 0.649.